The maximum Gasteiger partial charge on any atom is 0.153 e. The van der Waals surface area contributed by atoms with Crippen LogP contribution in [0.5, 0.6) is 0 Å². The average molecular weight is 248 g/mol. The van der Waals surface area contributed by atoms with Crippen molar-refractivity contribution in [1.82, 2.24) is 14.6 Å². The number of ether oxygens (including phenoxy) is 1. The monoisotopic (exact) mass is 248 g/mol. The zero-order valence-corrected chi connectivity index (χ0v) is 10.2. The molecule has 3 heterocycles. The van der Waals surface area contributed by atoms with Crippen LogP contribution < -0.4 is 5.32 Å². The summed E-state index contributed by atoms with van der Waals surface area (Å²) >= 11 is 0. The van der Waals surface area contributed by atoms with Crippen LogP contribution in [-0.2, 0) is 4.74 Å². The SMILES string of the molecule is CNc1ncnn2c(C3CCC(CO)O3)ccc12. The molecule has 3 rings (SSSR count). The van der Waals surface area contributed by atoms with Crippen LogP contribution >= 0.6 is 0 Å². The van der Waals surface area contributed by atoms with E-state index in [4.69, 9.17) is 9.84 Å². The van der Waals surface area contributed by atoms with Gasteiger partial charge >= 0.3 is 0 Å². The van der Waals surface area contributed by atoms with Gasteiger partial charge in [-0.3, -0.25) is 0 Å². The highest BCUT2D eigenvalue weighted by Crippen LogP contribution is 2.33. The third-order valence-corrected chi connectivity index (χ3v) is 3.36. The molecule has 96 valence electrons. The largest absolute Gasteiger partial charge is 0.394 e. The fourth-order valence-electron chi connectivity index (χ4n) is 2.45. The quantitative estimate of drug-likeness (QED) is 0.847. The van der Waals surface area contributed by atoms with Gasteiger partial charge < -0.3 is 15.2 Å². The molecule has 0 spiro atoms. The number of rotatable bonds is 3. The molecule has 1 fully saturated rings. The Labute approximate surface area is 105 Å². The van der Waals surface area contributed by atoms with Gasteiger partial charge in [0.25, 0.3) is 0 Å². The van der Waals surface area contributed by atoms with Crippen molar-refractivity contribution in [3.8, 4) is 0 Å². The molecule has 1 aliphatic heterocycles. The summed E-state index contributed by atoms with van der Waals surface area (Å²) in [7, 11) is 1.84. The molecular formula is C12H16N4O2. The Bertz CT molecular complexity index is 554. The van der Waals surface area contributed by atoms with Crippen molar-refractivity contribution in [1.29, 1.82) is 0 Å². The summed E-state index contributed by atoms with van der Waals surface area (Å²) in [6.45, 7) is 0.0799. The first kappa shape index (κ1) is 11.4. The Kier molecular flexibility index (Phi) is 2.89. The molecule has 2 aromatic rings. The summed E-state index contributed by atoms with van der Waals surface area (Å²) in [5, 5.41) is 16.4. The van der Waals surface area contributed by atoms with Crippen molar-refractivity contribution in [3.63, 3.8) is 0 Å². The maximum absolute atomic E-state index is 9.11. The van der Waals surface area contributed by atoms with E-state index in [2.05, 4.69) is 15.4 Å². The van der Waals surface area contributed by atoms with Gasteiger partial charge in [-0.05, 0) is 25.0 Å². The van der Waals surface area contributed by atoms with Gasteiger partial charge in [-0.15, -0.1) is 0 Å². The fourth-order valence-corrected chi connectivity index (χ4v) is 2.45. The molecule has 6 heteroatoms. The topological polar surface area (TPSA) is 71.7 Å². The minimum absolute atomic E-state index is 0.00394. The number of nitrogens with zero attached hydrogens (tertiary/aromatic N) is 3. The summed E-state index contributed by atoms with van der Waals surface area (Å²) in [6, 6.07) is 3.99. The lowest BCUT2D eigenvalue weighted by atomic mass is 10.1. The van der Waals surface area contributed by atoms with Crippen LogP contribution in [0.2, 0.25) is 0 Å². The number of anilines is 1. The van der Waals surface area contributed by atoms with Crippen molar-refractivity contribution in [2.75, 3.05) is 19.0 Å². The van der Waals surface area contributed by atoms with E-state index in [0.717, 1.165) is 29.9 Å². The highest BCUT2D eigenvalue weighted by atomic mass is 16.5. The normalized spacial score (nSPS) is 23.7. The molecule has 2 aromatic heterocycles. The third kappa shape index (κ3) is 1.74. The van der Waals surface area contributed by atoms with Crippen LogP contribution in [0.25, 0.3) is 5.52 Å². The van der Waals surface area contributed by atoms with Gasteiger partial charge in [0.15, 0.2) is 5.82 Å². The number of nitrogens with one attached hydrogen (secondary N) is 1. The van der Waals surface area contributed by atoms with E-state index in [0.29, 0.717) is 0 Å². The number of aromatic nitrogens is 3. The number of hydrogen-bond donors (Lipinski definition) is 2. The van der Waals surface area contributed by atoms with Gasteiger partial charge in [-0.25, -0.2) is 9.50 Å². The lowest BCUT2D eigenvalue weighted by molar-refractivity contribution is 0.00856. The van der Waals surface area contributed by atoms with Gasteiger partial charge in [0.05, 0.1) is 18.4 Å². The van der Waals surface area contributed by atoms with Gasteiger partial charge in [0.1, 0.15) is 17.9 Å². The van der Waals surface area contributed by atoms with Crippen molar-refractivity contribution in [3.05, 3.63) is 24.2 Å². The molecule has 1 aliphatic rings. The molecule has 6 nitrogen and oxygen atoms in total. The van der Waals surface area contributed by atoms with E-state index in [9.17, 15) is 0 Å². The summed E-state index contributed by atoms with van der Waals surface area (Å²) in [6.07, 6.45) is 3.28. The van der Waals surface area contributed by atoms with Crippen molar-refractivity contribution in [2.24, 2.45) is 0 Å². The molecule has 2 atom stereocenters. The minimum atomic E-state index is -0.0499. The first-order valence-electron chi connectivity index (χ1n) is 6.10. The van der Waals surface area contributed by atoms with Crippen molar-refractivity contribution >= 4 is 11.3 Å². The molecule has 1 saturated heterocycles. The lowest BCUT2D eigenvalue weighted by Crippen LogP contribution is -2.12. The standard InChI is InChI=1S/C12H16N4O2/c1-13-12-10-4-3-9(16(10)15-7-14-12)11-5-2-8(6-17)18-11/h3-4,7-8,11,17H,2,5-6H2,1H3,(H,13,14,15). The zero-order chi connectivity index (χ0) is 12.5. The van der Waals surface area contributed by atoms with E-state index in [1.165, 1.54) is 6.33 Å². The van der Waals surface area contributed by atoms with Crippen LogP contribution in [0.1, 0.15) is 24.6 Å². The number of hydrogen-bond acceptors (Lipinski definition) is 5. The highest BCUT2D eigenvalue weighted by molar-refractivity contribution is 5.67. The fraction of sp³-hybridized carbons (Fsp3) is 0.500. The second-order valence-corrected chi connectivity index (χ2v) is 4.42. The Morgan fingerprint density at radius 2 is 2.39 bits per heavy atom. The number of aliphatic hydroxyl groups excluding tert-OH is 1. The first-order chi connectivity index (χ1) is 8.83. The number of fused-ring (bicyclic) bond motifs is 1. The predicted molar refractivity (Wildman–Crippen MR) is 66.5 cm³/mol. The van der Waals surface area contributed by atoms with Crippen LogP contribution in [0.4, 0.5) is 5.82 Å². The van der Waals surface area contributed by atoms with E-state index in [1.54, 1.807) is 0 Å². The predicted octanol–water partition coefficient (Wildman–Crippen LogP) is 0.983. The molecule has 0 bridgehead atoms. The molecule has 0 amide bonds. The summed E-state index contributed by atoms with van der Waals surface area (Å²) in [5.74, 6) is 0.799. The molecule has 18 heavy (non-hydrogen) atoms. The van der Waals surface area contributed by atoms with Gasteiger partial charge in [-0.1, -0.05) is 0 Å². The second-order valence-electron chi connectivity index (χ2n) is 4.42. The van der Waals surface area contributed by atoms with Crippen LogP contribution in [0.3, 0.4) is 0 Å². The molecule has 0 aromatic carbocycles. The van der Waals surface area contributed by atoms with E-state index < -0.39 is 0 Å². The smallest absolute Gasteiger partial charge is 0.153 e. The van der Waals surface area contributed by atoms with Crippen LogP contribution in [0.15, 0.2) is 18.5 Å². The Morgan fingerprint density at radius 1 is 1.50 bits per heavy atom. The zero-order valence-electron chi connectivity index (χ0n) is 10.2. The lowest BCUT2D eigenvalue weighted by Gasteiger charge is -2.12. The van der Waals surface area contributed by atoms with Gasteiger partial charge in [-0.2, -0.15) is 5.10 Å². The van der Waals surface area contributed by atoms with Gasteiger partial charge in [0, 0.05) is 7.05 Å². The van der Waals surface area contributed by atoms with Gasteiger partial charge in [0.2, 0.25) is 0 Å². The van der Waals surface area contributed by atoms with Crippen molar-refractivity contribution < 1.29 is 9.84 Å². The van der Waals surface area contributed by atoms with E-state index >= 15 is 0 Å². The molecule has 2 N–H and O–H groups in total. The summed E-state index contributed by atoms with van der Waals surface area (Å²) < 4.78 is 7.64. The van der Waals surface area contributed by atoms with E-state index in [1.807, 2.05) is 23.7 Å². The van der Waals surface area contributed by atoms with Crippen molar-refractivity contribution in [2.45, 2.75) is 25.0 Å². The third-order valence-electron chi connectivity index (χ3n) is 3.36. The Hall–Kier alpha value is -1.66. The minimum Gasteiger partial charge on any atom is -0.394 e. The second kappa shape index (κ2) is 4.55. The Morgan fingerprint density at radius 3 is 3.11 bits per heavy atom. The van der Waals surface area contributed by atoms with Crippen LogP contribution in [-0.4, -0.2) is 39.5 Å². The molecular weight excluding hydrogens is 232 g/mol. The highest BCUT2D eigenvalue weighted by Gasteiger charge is 2.28. The first-order valence-corrected chi connectivity index (χ1v) is 6.10. The van der Waals surface area contributed by atoms with E-state index in [-0.39, 0.29) is 18.8 Å². The molecule has 0 aliphatic carbocycles. The molecule has 0 saturated carbocycles. The molecule has 0 radical (unpaired) electrons. The summed E-state index contributed by atoms with van der Waals surface area (Å²) in [5.41, 5.74) is 1.95. The average Bonchev–Trinajstić information content (AvgIpc) is 3.03. The number of aliphatic hydroxyl groups is 1. The maximum atomic E-state index is 9.11. The summed E-state index contributed by atoms with van der Waals surface area (Å²) in [4.78, 5) is 4.17. The van der Waals surface area contributed by atoms with Crippen LogP contribution in [0, 0.1) is 0 Å². The Balaban J connectivity index is 1.98. The molecule has 2 unspecified atom stereocenters.